The first-order valence-corrected chi connectivity index (χ1v) is 8.02. The van der Waals surface area contributed by atoms with Crippen molar-refractivity contribution in [1.82, 2.24) is 10.2 Å². The zero-order valence-corrected chi connectivity index (χ0v) is 12.1. The number of amides is 1. The Bertz CT molecular complexity index is 477. The van der Waals surface area contributed by atoms with Crippen molar-refractivity contribution in [3.8, 4) is 0 Å². The van der Waals surface area contributed by atoms with Crippen LogP contribution in [0.1, 0.15) is 24.1 Å². The normalized spacial score (nSPS) is 26.9. The number of nitrogens with zero attached hydrogens (tertiary/aromatic N) is 1. The molecule has 0 aliphatic carbocycles. The van der Waals surface area contributed by atoms with E-state index in [0.717, 1.165) is 31.8 Å². The summed E-state index contributed by atoms with van der Waals surface area (Å²) in [5.41, 5.74) is 2.49. The predicted octanol–water partition coefficient (Wildman–Crippen LogP) is 1.84. The summed E-state index contributed by atoms with van der Waals surface area (Å²) in [5.74, 6) is 1.31. The number of benzene rings is 1. The van der Waals surface area contributed by atoms with Crippen molar-refractivity contribution in [2.75, 3.05) is 25.4 Å². The minimum absolute atomic E-state index is 0.139. The molecular formula is C15H20N2OS. The van der Waals surface area contributed by atoms with Gasteiger partial charge in [-0.25, -0.2) is 0 Å². The fourth-order valence-electron chi connectivity index (χ4n) is 2.93. The third-order valence-electron chi connectivity index (χ3n) is 3.91. The van der Waals surface area contributed by atoms with Gasteiger partial charge in [0.2, 0.25) is 5.91 Å². The molecule has 102 valence electrons. The lowest BCUT2D eigenvalue weighted by atomic mass is 9.93. The zero-order chi connectivity index (χ0) is 13.2. The number of hydrogen-bond acceptors (Lipinski definition) is 3. The summed E-state index contributed by atoms with van der Waals surface area (Å²) in [7, 11) is 0. The van der Waals surface area contributed by atoms with Crippen LogP contribution in [0.5, 0.6) is 0 Å². The first-order chi connectivity index (χ1) is 9.25. The molecule has 0 radical (unpaired) electrons. The Kier molecular flexibility index (Phi) is 3.80. The molecule has 0 spiro atoms. The third-order valence-corrected chi connectivity index (χ3v) is 5.04. The molecule has 0 saturated carbocycles. The van der Waals surface area contributed by atoms with Crippen molar-refractivity contribution in [1.29, 1.82) is 0 Å². The molecule has 3 nitrogen and oxygen atoms in total. The van der Waals surface area contributed by atoms with E-state index < -0.39 is 0 Å². The fourth-order valence-corrected chi connectivity index (χ4v) is 3.94. The molecule has 2 heterocycles. The van der Waals surface area contributed by atoms with Gasteiger partial charge in [0.15, 0.2) is 0 Å². The second-order valence-electron chi connectivity index (χ2n) is 5.30. The molecule has 2 aliphatic heterocycles. The van der Waals surface area contributed by atoms with Gasteiger partial charge < -0.3 is 10.2 Å². The molecule has 0 aromatic heterocycles. The number of hydrogen-bond donors (Lipinski definition) is 1. The number of nitrogens with one attached hydrogen (secondary N) is 1. The van der Waals surface area contributed by atoms with Crippen molar-refractivity contribution in [3.63, 3.8) is 0 Å². The van der Waals surface area contributed by atoms with Crippen LogP contribution in [0.2, 0.25) is 0 Å². The third kappa shape index (κ3) is 2.65. The number of thioether (sulfide) groups is 1. The highest BCUT2D eigenvalue weighted by atomic mass is 32.2. The molecule has 3 rings (SSSR count). The first-order valence-electron chi connectivity index (χ1n) is 6.97. The topological polar surface area (TPSA) is 32.3 Å². The van der Waals surface area contributed by atoms with E-state index in [1.54, 1.807) is 0 Å². The van der Waals surface area contributed by atoms with Crippen molar-refractivity contribution < 1.29 is 4.79 Å². The standard InChI is InChI=1S/C15H20N2OS/c1-11-10-17(8-9-19-11)15(18)14-13-5-3-2-4-12(13)6-7-16-14/h2-5,11,14,16H,6-10H2,1H3. The van der Waals surface area contributed by atoms with Gasteiger partial charge >= 0.3 is 0 Å². The molecule has 1 aromatic rings. The van der Waals surface area contributed by atoms with E-state index >= 15 is 0 Å². The lowest BCUT2D eigenvalue weighted by molar-refractivity contribution is -0.133. The predicted molar refractivity (Wildman–Crippen MR) is 79.4 cm³/mol. The van der Waals surface area contributed by atoms with Gasteiger partial charge in [-0.05, 0) is 17.5 Å². The van der Waals surface area contributed by atoms with E-state index in [0.29, 0.717) is 5.25 Å². The second kappa shape index (κ2) is 5.55. The van der Waals surface area contributed by atoms with Crippen LogP contribution in [-0.4, -0.2) is 41.4 Å². The van der Waals surface area contributed by atoms with Crippen LogP contribution in [0.25, 0.3) is 0 Å². The van der Waals surface area contributed by atoms with Crippen LogP contribution in [0, 0.1) is 0 Å². The Balaban J connectivity index is 1.81. The average molecular weight is 276 g/mol. The lowest BCUT2D eigenvalue weighted by Crippen LogP contribution is -2.48. The Morgan fingerprint density at radius 1 is 1.42 bits per heavy atom. The Hall–Kier alpha value is -1.00. The summed E-state index contributed by atoms with van der Waals surface area (Å²) >= 11 is 1.96. The molecule has 4 heteroatoms. The highest BCUT2D eigenvalue weighted by Gasteiger charge is 2.31. The van der Waals surface area contributed by atoms with Crippen LogP contribution in [-0.2, 0) is 11.2 Å². The molecule has 1 aromatic carbocycles. The monoisotopic (exact) mass is 276 g/mol. The molecule has 19 heavy (non-hydrogen) atoms. The van der Waals surface area contributed by atoms with Gasteiger partial charge in [0.1, 0.15) is 6.04 Å². The van der Waals surface area contributed by atoms with E-state index in [-0.39, 0.29) is 11.9 Å². The smallest absolute Gasteiger partial charge is 0.244 e. The summed E-state index contributed by atoms with van der Waals surface area (Å²) < 4.78 is 0. The summed E-state index contributed by atoms with van der Waals surface area (Å²) in [6, 6.07) is 8.18. The maximum Gasteiger partial charge on any atom is 0.244 e. The molecule has 1 N–H and O–H groups in total. The average Bonchev–Trinajstić information content (AvgIpc) is 2.46. The number of rotatable bonds is 1. The molecule has 0 bridgehead atoms. The van der Waals surface area contributed by atoms with Gasteiger partial charge in [0, 0.05) is 30.6 Å². The fraction of sp³-hybridized carbons (Fsp3) is 0.533. The molecule has 1 saturated heterocycles. The highest BCUT2D eigenvalue weighted by Crippen LogP contribution is 2.26. The lowest BCUT2D eigenvalue weighted by Gasteiger charge is -2.35. The molecule has 1 fully saturated rings. The van der Waals surface area contributed by atoms with Crippen molar-refractivity contribution in [2.45, 2.75) is 24.6 Å². The summed E-state index contributed by atoms with van der Waals surface area (Å²) in [6.45, 7) is 4.86. The minimum Gasteiger partial charge on any atom is -0.339 e. The molecule has 2 aliphatic rings. The Labute approximate surface area is 118 Å². The Morgan fingerprint density at radius 3 is 3.11 bits per heavy atom. The molecule has 2 atom stereocenters. The van der Waals surface area contributed by atoms with Crippen LogP contribution < -0.4 is 5.32 Å². The van der Waals surface area contributed by atoms with Crippen LogP contribution in [0.3, 0.4) is 0 Å². The first kappa shape index (κ1) is 13.0. The largest absolute Gasteiger partial charge is 0.339 e. The van der Waals surface area contributed by atoms with E-state index in [9.17, 15) is 4.79 Å². The maximum absolute atomic E-state index is 12.7. The van der Waals surface area contributed by atoms with E-state index in [1.165, 1.54) is 11.1 Å². The second-order valence-corrected chi connectivity index (χ2v) is 6.85. The van der Waals surface area contributed by atoms with Gasteiger partial charge in [0.05, 0.1) is 0 Å². The molecule has 2 unspecified atom stereocenters. The van der Waals surface area contributed by atoms with E-state index in [4.69, 9.17) is 0 Å². The van der Waals surface area contributed by atoms with Gasteiger partial charge in [-0.2, -0.15) is 11.8 Å². The quantitative estimate of drug-likeness (QED) is 0.849. The number of carbonyl (C=O) groups excluding carboxylic acids is 1. The summed E-state index contributed by atoms with van der Waals surface area (Å²) in [6.07, 6.45) is 1.02. The summed E-state index contributed by atoms with van der Waals surface area (Å²) in [4.78, 5) is 14.7. The number of carbonyl (C=O) groups is 1. The van der Waals surface area contributed by atoms with Crippen LogP contribution in [0.15, 0.2) is 24.3 Å². The van der Waals surface area contributed by atoms with E-state index in [2.05, 4.69) is 30.4 Å². The number of fused-ring (bicyclic) bond motifs is 1. The zero-order valence-electron chi connectivity index (χ0n) is 11.3. The van der Waals surface area contributed by atoms with Gasteiger partial charge in [-0.3, -0.25) is 4.79 Å². The SMILES string of the molecule is CC1CN(C(=O)C2NCCc3ccccc32)CCS1. The molecular weight excluding hydrogens is 256 g/mol. The van der Waals surface area contributed by atoms with E-state index in [1.807, 2.05) is 22.7 Å². The van der Waals surface area contributed by atoms with Crippen LogP contribution >= 0.6 is 11.8 Å². The Morgan fingerprint density at radius 2 is 2.26 bits per heavy atom. The molecule has 1 amide bonds. The van der Waals surface area contributed by atoms with Gasteiger partial charge in [0.25, 0.3) is 0 Å². The van der Waals surface area contributed by atoms with Crippen molar-refractivity contribution in [2.24, 2.45) is 0 Å². The van der Waals surface area contributed by atoms with Crippen LogP contribution in [0.4, 0.5) is 0 Å². The van der Waals surface area contributed by atoms with Crippen molar-refractivity contribution in [3.05, 3.63) is 35.4 Å². The summed E-state index contributed by atoms with van der Waals surface area (Å²) in [5, 5.41) is 3.94. The van der Waals surface area contributed by atoms with Gasteiger partial charge in [-0.15, -0.1) is 0 Å². The minimum atomic E-state index is -0.139. The highest BCUT2D eigenvalue weighted by molar-refractivity contribution is 7.99. The maximum atomic E-state index is 12.7. The van der Waals surface area contributed by atoms with Crippen molar-refractivity contribution >= 4 is 17.7 Å². The van der Waals surface area contributed by atoms with Gasteiger partial charge in [-0.1, -0.05) is 31.2 Å².